The summed E-state index contributed by atoms with van der Waals surface area (Å²) in [6.07, 6.45) is 4.86. The van der Waals surface area contributed by atoms with Gasteiger partial charge in [-0.15, -0.1) is 0 Å². The second kappa shape index (κ2) is 11.2. The number of rotatable bonds is 11. The van der Waals surface area contributed by atoms with Crippen LogP contribution in [0.2, 0.25) is 0 Å². The smallest absolute Gasteiger partial charge is 0.305 e. The monoisotopic (exact) mass is 368 g/mol. The van der Waals surface area contributed by atoms with Gasteiger partial charge in [-0.1, -0.05) is 53.9 Å². The standard InChI is InChI=1S/C20H36N2O4/c1-13(2)7-6-8-15(5)11-12-26-17(23)10-9-16-19(24)22-18(14(3)4)20(25)21-16/h13-16,18H,6-12H2,1-5H3,(H,21,25)(H,22,24)/t15?,16-,18-/m0/s1. The summed E-state index contributed by atoms with van der Waals surface area (Å²) in [5.41, 5.74) is 0. The van der Waals surface area contributed by atoms with Gasteiger partial charge in [0.2, 0.25) is 11.8 Å². The van der Waals surface area contributed by atoms with Crippen LogP contribution >= 0.6 is 0 Å². The van der Waals surface area contributed by atoms with Crippen LogP contribution < -0.4 is 10.6 Å². The maximum atomic E-state index is 12.0. The van der Waals surface area contributed by atoms with Crippen LogP contribution in [-0.2, 0) is 19.1 Å². The van der Waals surface area contributed by atoms with Crippen molar-refractivity contribution in [3.8, 4) is 0 Å². The van der Waals surface area contributed by atoms with Gasteiger partial charge < -0.3 is 15.4 Å². The summed E-state index contributed by atoms with van der Waals surface area (Å²) >= 11 is 0. The third-order valence-corrected chi connectivity index (χ3v) is 4.87. The van der Waals surface area contributed by atoms with Gasteiger partial charge in [0.1, 0.15) is 12.1 Å². The van der Waals surface area contributed by atoms with Crippen molar-refractivity contribution in [3.05, 3.63) is 0 Å². The normalized spacial score (nSPS) is 21.5. The zero-order chi connectivity index (χ0) is 19.7. The maximum Gasteiger partial charge on any atom is 0.305 e. The first-order chi connectivity index (χ1) is 12.2. The predicted octanol–water partition coefficient (Wildman–Crippen LogP) is 2.80. The van der Waals surface area contributed by atoms with Crippen molar-refractivity contribution in [2.45, 2.75) is 85.2 Å². The minimum absolute atomic E-state index is 0.0346. The first-order valence-electron chi connectivity index (χ1n) is 9.97. The third kappa shape index (κ3) is 8.19. The Balaban J connectivity index is 2.20. The molecule has 1 rings (SSSR count). The number of carbonyl (C=O) groups is 3. The zero-order valence-electron chi connectivity index (χ0n) is 17.0. The molecule has 1 unspecified atom stereocenters. The lowest BCUT2D eigenvalue weighted by Crippen LogP contribution is -2.63. The Morgan fingerprint density at radius 2 is 1.69 bits per heavy atom. The van der Waals surface area contributed by atoms with Crippen LogP contribution in [0.1, 0.15) is 73.1 Å². The highest BCUT2D eigenvalue weighted by Gasteiger charge is 2.35. The van der Waals surface area contributed by atoms with Gasteiger partial charge >= 0.3 is 5.97 Å². The SMILES string of the molecule is CC(C)CCCC(C)CCOC(=O)CC[C@@H]1NC(=O)[C@H](C(C)C)NC1=O. The van der Waals surface area contributed by atoms with E-state index in [-0.39, 0.29) is 36.5 Å². The number of hydrogen-bond acceptors (Lipinski definition) is 4. The Bertz CT molecular complexity index is 476. The van der Waals surface area contributed by atoms with Crippen LogP contribution in [-0.4, -0.2) is 36.5 Å². The van der Waals surface area contributed by atoms with Crippen molar-refractivity contribution < 1.29 is 19.1 Å². The van der Waals surface area contributed by atoms with Crippen molar-refractivity contribution >= 4 is 17.8 Å². The summed E-state index contributed by atoms with van der Waals surface area (Å²) in [7, 11) is 0. The van der Waals surface area contributed by atoms with E-state index < -0.39 is 12.1 Å². The molecule has 6 nitrogen and oxygen atoms in total. The van der Waals surface area contributed by atoms with Gasteiger partial charge in [-0.05, 0) is 30.6 Å². The molecule has 0 aromatic rings. The number of esters is 1. The second-order valence-electron chi connectivity index (χ2n) is 8.27. The fourth-order valence-corrected chi connectivity index (χ4v) is 3.05. The molecule has 6 heteroatoms. The summed E-state index contributed by atoms with van der Waals surface area (Å²) in [4.78, 5) is 35.9. The molecule has 1 aliphatic heterocycles. The highest BCUT2D eigenvalue weighted by molar-refractivity contribution is 5.97. The molecule has 1 saturated heterocycles. The molecule has 0 radical (unpaired) electrons. The Labute approximate surface area is 157 Å². The number of ether oxygens (including phenoxy) is 1. The van der Waals surface area contributed by atoms with Crippen molar-refractivity contribution in [3.63, 3.8) is 0 Å². The number of piperazine rings is 1. The first kappa shape index (κ1) is 22.5. The minimum atomic E-state index is -0.653. The number of amides is 2. The molecule has 0 saturated carbocycles. The van der Waals surface area contributed by atoms with Crippen molar-refractivity contribution in [1.82, 2.24) is 10.6 Å². The molecular formula is C20H36N2O4. The molecule has 0 bridgehead atoms. The molecule has 1 heterocycles. The Morgan fingerprint density at radius 1 is 1.00 bits per heavy atom. The number of hydrogen-bond donors (Lipinski definition) is 2. The van der Waals surface area contributed by atoms with E-state index in [9.17, 15) is 14.4 Å². The summed E-state index contributed by atoms with van der Waals surface area (Å²) < 4.78 is 5.27. The summed E-state index contributed by atoms with van der Waals surface area (Å²) in [5, 5.41) is 5.42. The van der Waals surface area contributed by atoms with Gasteiger partial charge in [0, 0.05) is 6.42 Å². The van der Waals surface area contributed by atoms with Gasteiger partial charge in [0.05, 0.1) is 6.61 Å². The lowest BCUT2D eigenvalue weighted by atomic mass is 9.97. The highest BCUT2D eigenvalue weighted by atomic mass is 16.5. The molecule has 0 aliphatic carbocycles. The van der Waals surface area contributed by atoms with Gasteiger partial charge in [0.25, 0.3) is 0 Å². The van der Waals surface area contributed by atoms with Gasteiger partial charge in [-0.25, -0.2) is 0 Å². The van der Waals surface area contributed by atoms with E-state index in [2.05, 4.69) is 31.4 Å². The summed E-state index contributed by atoms with van der Waals surface area (Å²) in [6.45, 7) is 10.8. The molecule has 0 spiro atoms. The zero-order valence-corrected chi connectivity index (χ0v) is 17.0. The molecule has 2 amide bonds. The van der Waals surface area contributed by atoms with Crippen molar-refractivity contribution in [2.24, 2.45) is 17.8 Å². The molecule has 0 aromatic carbocycles. The first-order valence-corrected chi connectivity index (χ1v) is 9.97. The van der Waals surface area contributed by atoms with Crippen LogP contribution in [0.3, 0.4) is 0 Å². The van der Waals surface area contributed by atoms with Gasteiger partial charge in [-0.3, -0.25) is 14.4 Å². The predicted molar refractivity (Wildman–Crippen MR) is 101 cm³/mol. The van der Waals surface area contributed by atoms with E-state index in [4.69, 9.17) is 4.74 Å². The van der Waals surface area contributed by atoms with E-state index in [0.717, 1.165) is 18.8 Å². The topological polar surface area (TPSA) is 84.5 Å². The quantitative estimate of drug-likeness (QED) is 0.549. The largest absolute Gasteiger partial charge is 0.466 e. The fourth-order valence-electron chi connectivity index (χ4n) is 3.05. The molecule has 1 aliphatic rings. The molecule has 150 valence electrons. The lowest BCUT2D eigenvalue weighted by molar-refractivity contribution is -0.145. The Kier molecular flexibility index (Phi) is 9.66. The average Bonchev–Trinajstić information content (AvgIpc) is 2.54. The van der Waals surface area contributed by atoms with Gasteiger partial charge in [0.15, 0.2) is 0 Å². The maximum absolute atomic E-state index is 12.0. The van der Waals surface area contributed by atoms with E-state index >= 15 is 0 Å². The Hall–Kier alpha value is -1.59. The Morgan fingerprint density at radius 3 is 2.31 bits per heavy atom. The number of carbonyl (C=O) groups excluding carboxylic acids is 3. The molecule has 0 aromatic heterocycles. The lowest BCUT2D eigenvalue weighted by Gasteiger charge is -2.31. The fraction of sp³-hybridized carbons (Fsp3) is 0.850. The van der Waals surface area contributed by atoms with Crippen molar-refractivity contribution in [2.75, 3.05) is 6.61 Å². The average molecular weight is 369 g/mol. The van der Waals surface area contributed by atoms with Gasteiger partial charge in [-0.2, -0.15) is 0 Å². The minimum Gasteiger partial charge on any atom is -0.466 e. The molecular weight excluding hydrogens is 332 g/mol. The molecule has 3 atom stereocenters. The molecule has 1 fully saturated rings. The third-order valence-electron chi connectivity index (χ3n) is 4.87. The van der Waals surface area contributed by atoms with Crippen LogP contribution in [0.5, 0.6) is 0 Å². The molecule has 26 heavy (non-hydrogen) atoms. The van der Waals surface area contributed by atoms with E-state index in [1.165, 1.54) is 12.8 Å². The van der Waals surface area contributed by atoms with E-state index in [0.29, 0.717) is 12.5 Å². The van der Waals surface area contributed by atoms with E-state index in [1.807, 2.05) is 13.8 Å². The van der Waals surface area contributed by atoms with Crippen molar-refractivity contribution in [1.29, 1.82) is 0 Å². The highest BCUT2D eigenvalue weighted by Crippen LogP contribution is 2.15. The molecule has 2 N–H and O–H groups in total. The van der Waals surface area contributed by atoms with E-state index in [1.54, 1.807) is 0 Å². The number of nitrogens with one attached hydrogen (secondary N) is 2. The van der Waals surface area contributed by atoms with Crippen LogP contribution in [0.25, 0.3) is 0 Å². The van der Waals surface area contributed by atoms with Crippen LogP contribution in [0, 0.1) is 17.8 Å². The second-order valence-corrected chi connectivity index (χ2v) is 8.27. The van der Waals surface area contributed by atoms with Crippen LogP contribution in [0.15, 0.2) is 0 Å². The van der Waals surface area contributed by atoms with Crippen LogP contribution in [0.4, 0.5) is 0 Å². The summed E-state index contributed by atoms with van der Waals surface area (Å²) in [6, 6.07) is -1.15. The summed E-state index contributed by atoms with van der Waals surface area (Å²) in [5.74, 6) is 0.578.